The van der Waals surface area contributed by atoms with Crippen molar-refractivity contribution < 1.29 is 14.6 Å². The van der Waals surface area contributed by atoms with E-state index in [1.807, 2.05) is 18.2 Å². The van der Waals surface area contributed by atoms with Gasteiger partial charge in [-0.25, -0.2) is 4.99 Å². The molecular weight excluding hydrogens is 314 g/mol. The number of rotatable bonds is 3. The predicted molar refractivity (Wildman–Crippen MR) is 86.8 cm³/mol. The molecular formula is C16H11N3O3S. The van der Waals surface area contributed by atoms with Crippen LogP contribution >= 0.6 is 11.3 Å². The smallest absolute Gasteiger partial charge is 0.231 e. The molecule has 114 valence electrons. The van der Waals surface area contributed by atoms with Crippen LogP contribution in [0.3, 0.4) is 0 Å². The summed E-state index contributed by atoms with van der Waals surface area (Å²) in [6.07, 6.45) is 1.68. The second kappa shape index (κ2) is 5.69. The predicted octanol–water partition coefficient (Wildman–Crippen LogP) is 3.39. The van der Waals surface area contributed by atoms with E-state index >= 15 is 0 Å². The van der Waals surface area contributed by atoms with E-state index in [1.165, 1.54) is 11.3 Å². The average Bonchev–Trinajstić information content (AvgIpc) is 3.22. The number of hydrogen-bond acceptors (Lipinski definition) is 7. The number of phenols is 1. The number of aromatic nitrogens is 2. The molecule has 1 aliphatic heterocycles. The summed E-state index contributed by atoms with van der Waals surface area (Å²) in [5, 5.41) is 18.8. The van der Waals surface area contributed by atoms with Gasteiger partial charge in [-0.05, 0) is 48.0 Å². The van der Waals surface area contributed by atoms with Crippen LogP contribution in [0.5, 0.6) is 17.2 Å². The van der Waals surface area contributed by atoms with Crippen molar-refractivity contribution in [2.24, 2.45) is 4.99 Å². The molecule has 2 heterocycles. The van der Waals surface area contributed by atoms with Gasteiger partial charge in [-0.3, -0.25) is 0 Å². The van der Waals surface area contributed by atoms with Crippen LogP contribution in [-0.2, 0) is 0 Å². The molecule has 6 nitrogen and oxygen atoms in total. The molecule has 1 N–H and O–H groups in total. The van der Waals surface area contributed by atoms with Crippen LogP contribution in [0.2, 0.25) is 0 Å². The van der Waals surface area contributed by atoms with Gasteiger partial charge in [0.25, 0.3) is 0 Å². The van der Waals surface area contributed by atoms with Gasteiger partial charge in [-0.1, -0.05) is 11.3 Å². The van der Waals surface area contributed by atoms with Gasteiger partial charge < -0.3 is 14.6 Å². The molecule has 0 unspecified atom stereocenters. The van der Waals surface area contributed by atoms with Gasteiger partial charge >= 0.3 is 0 Å². The SMILES string of the molecule is Oc1ccc(C=Nc2nnc(-c3ccc4c(c3)OCO4)s2)cc1. The maximum atomic E-state index is 9.25. The molecule has 2 aromatic carbocycles. The molecule has 0 amide bonds. The summed E-state index contributed by atoms with van der Waals surface area (Å²) in [7, 11) is 0. The summed E-state index contributed by atoms with van der Waals surface area (Å²) >= 11 is 1.39. The van der Waals surface area contributed by atoms with Crippen molar-refractivity contribution in [3.8, 4) is 27.8 Å². The molecule has 3 aromatic rings. The van der Waals surface area contributed by atoms with Gasteiger partial charge in [0.1, 0.15) is 10.8 Å². The minimum absolute atomic E-state index is 0.225. The van der Waals surface area contributed by atoms with Gasteiger partial charge in [0, 0.05) is 11.8 Å². The maximum absolute atomic E-state index is 9.25. The summed E-state index contributed by atoms with van der Waals surface area (Å²) in [6, 6.07) is 12.4. The zero-order chi connectivity index (χ0) is 15.6. The number of phenolic OH excluding ortho intramolecular Hbond substituents is 1. The quantitative estimate of drug-likeness (QED) is 0.747. The molecule has 0 atom stereocenters. The summed E-state index contributed by atoms with van der Waals surface area (Å²) in [4.78, 5) is 4.31. The summed E-state index contributed by atoms with van der Waals surface area (Å²) in [5.74, 6) is 1.68. The van der Waals surface area contributed by atoms with Crippen LogP contribution in [0.25, 0.3) is 10.6 Å². The topological polar surface area (TPSA) is 76.8 Å². The first-order valence-corrected chi connectivity index (χ1v) is 7.66. The Bertz CT molecular complexity index is 875. The van der Waals surface area contributed by atoms with E-state index in [-0.39, 0.29) is 12.5 Å². The van der Waals surface area contributed by atoms with Crippen LogP contribution in [0.1, 0.15) is 5.56 Å². The fourth-order valence-corrected chi connectivity index (χ4v) is 2.79. The average molecular weight is 325 g/mol. The first-order chi connectivity index (χ1) is 11.3. The third kappa shape index (κ3) is 2.86. The van der Waals surface area contributed by atoms with Crippen molar-refractivity contribution in [2.45, 2.75) is 0 Å². The summed E-state index contributed by atoms with van der Waals surface area (Å²) < 4.78 is 10.7. The standard InChI is InChI=1S/C16H11N3O3S/c20-12-4-1-10(2-5-12)8-17-16-19-18-15(23-16)11-3-6-13-14(7-11)22-9-21-13/h1-8,20H,9H2. The lowest BCUT2D eigenvalue weighted by Crippen LogP contribution is -1.92. The van der Waals surface area contributed by atoms with Crippen molar-refractivity contribution in [2.75, 3.05) is 6.79 Å². The van der Waals surface area contributed by atoms with Crippen molar-refractivity contribution in [1.82, 2.24) is 10.2 Å². The largest absolute Gasteiger partial charge is 0.508 e. The minimum atomic E-state index is 0.225. The van der Waals surface area contributed by atoms with Crippen LogP contribution in [-0.4, -0.2) is 28.3 Å². The molecule has 0 bridgehead atoms. The Hall–Kier alpha value is -2.93. The van der Waals surface area contributed by atoms with Crippen LogP contribution in [0.15, 0.2) is 47.5 Å². The molecule has 0 spiro atoms. The lowest BCUT2D eigenvalue weighted by molar-refractivity contribution is 0.174. The number of ether oxygens (including phenoxy) is 2. The zero-order valence-corrected chi connectivity index (χ0v) is 12.7. The van der Waals surface area contributed by atoms with Gasteiger partial charge in [0.05, 0.1) is 0 Å². The van der Waals surface area contributed by atoms with E-state index < -0.39 is 0 Å². The highest BCUT2D eigenvalue weighted by Crippen LogP contribution is 2.37. The highest BCUT2D eigenvalue weighted by atomic mass is 32.1. The van der Waals surface area contributed by atoms with Gasteiger partial charge in [0.15, 0.2) is 11.5 Å². The highest BCUT2D eigenvalue weighted by molar-refractivity contribution is 7.18. The van der Waals surface area contributed by atoms with Crippen molar-refractivity contribution >= 4 is 22.7 Å². The Labute approximate surface area is 135 Å². The monoisotopic (exact) mass is 325 g/mol. The molecule has 23 heavy (non-hydrogen) atoms. The molecule has 1 aliphatic rings. The molecule has 0 radical (unpaired) electrons. The molecule has 0 fully saturated rings. The normalized spacial score (nSPS) is 12.9. The van der Waals surface area contributed by atoms with E-state index in [2.05, 4.69) is 15.2 Å². The lowest BCUT2D eigenvalue weighted by Gasteiger charge is -1.97. The van der Waals surface area contributed by atoms with E-state index in [4.69, 9.17) is 9.47 Å². The third-order valence-electron chi connectivity index (χ3n) is 3.25. The number of fused-ring (bicyclic) bond motifs is 1. The highest BCUT2D eigenvalue weighted by Gasteiger charge is 2.15. The maximum Gasteiger partial charge on any atom is 0.231 e. The van der Waals surface area contributed by atoms with E-state index in [0.29, 0.717) is 10.9 Å². The number of aromatic hydroxyl groups is 1. The number of benzene rings is 2. The second-order valence-corrected chi connectivity index (χ2v) is 5.76. The summed E-state index contributed by atoms with van der Waals surface area (Å²) in [6.45, 7) is 0.247. The van der Waals surface area contributed by atoms with Gasteiger partial charge in [0.2, 0.25) is 11.9 Å². The zero-order valence-electron chi connectivity index (χ0n) is 11.8. The molecule has 0 saturated carbocycles. The minimum Gasteiger partial charge on any atom is -0.508 e. The Morgan fingerprint density at radius 2 is 1.87 bits per heavy atom. The first-order valence-electron chi connectivity index (χ1n) is 6.84. The van der Waals surface area contributed by atoms with Crippen molar-refractivity contribution in [1.29, 1.82) is 0 Å². The summed E-state index contributed by atoms with van der Waals surface area (Å²) in [5.41, 5.74) is 1.79. The van der Waals surface area contributed by atoms with E-state index in [1.54, 1.807) is 30.5 Å². The fraction of sp³-hybridized carbons (Fsp3) is 0.0625. The second-order valence-electron chi connectivity index (χ2n) is 4.81. The van der Waals surface area contributed by atoms with E-state index in [9.17, 15) is 5.11 Å². The molecule has 0 saturated heterocycles. The number of nitrogens with zero attached hydrogens (tertiary/aromatic N) is 3. The Balaban J connectivity index is 1.56. The van der Waals surface area contributed by atoms with Crippen LogP contribution < -0.4 is 9.47 Å². The number of hydrogen-bond donors (Lipinski definition) is 1. The Morgan fingerprint density at radius 3 is 2.74 bits per heavy atom. The molecule has 4 rings (SSSR count). The van der Waals surface area contributed by atoms with Gasteiger partial charge in [-0.15, -0.1) is 10.2 Å². The fourth-order valence-electron chi connectivity index (χ4n) is 2.10. The molecule has 7 heteroatoms. The first kappa shape index (κ1) is 13.7. The number of aliphatic imine (C=N–C) groups is 1. The molecule has 1 aromatic heterocycles. The van der Waals surface area contributed by atoms with E-state index in [0.717, 1.165) is 21.9 Å². The lowest BCUT2D eigenvalue weighted by atomic mass is 10.2. The Kier molecular flexibility index (Phi) is 3.39. The Morgan fingerprint density at radius 1 is 1.04 bits per heavy atom. The van der Waals surface area contributed by atoms with Crippen LogP contribution in [0.4, 0.5) is 5.13 Å². The molecule has 0 aliphatic carbocycles. The van der Waals surface area contributed by atoms with Gasteiger partial charge in [-0.2, -0.15) is 0 Å². The third-order valence-corrected chi connectivity index (χ3v) is 4.13. The van der Waals surface area contributed by atoms with Crippen LogP contribution in [0, 0.1) is 0 Å². The van der Waals surface area contributed by atoms with Crippen molar-refractivity contribution in [3.63, 3.8) is 0 Å². The van der Waals surface area contributed by atoms with Crippen molar-refractivity contribution in [3.05, 3.63) is 48.0 Å².